The van der Waals surface area contributed by atoms with Crippen LogP contribution in [-0.2, 0) is 65.4 Å². The van der Waals surface area contributed by atoms with Gasteiger partial charge in [0.15, 0.2) is 12.2 Å². The van der Waals surface area contributed by atoms with Gasteiger partial charge in [0.1, 0.15) is 19.3 Å². The molecule has 0 heterocycles. The van der Waals surface area contributed by atoms with Crippen LogP contribution in [0.5, 0.6) is 0 Å². The van der Waals surface area contributed by atoms with Gasteiger partial charge in [0.25, 0.3) is 0 Å². The Balaban J connectivity index is 5.16. The van der Waals surface area contributed by atoms with Crippen LogP contribution >= 0.6 is 15.6 Å². The molecule has 0 aromatic heterocycles. The summed E-state index contributed by atoms with van der Waals surface area (Å²) in [6.07, 6.45) is 51.6. The summed E-state index contributed by atoms with van der Waals surface area (Å²) in [4.78, 5) is 72.8. The van der Waals surface area contributed by atoms with Crippen molar-refractivity contribution in [1.82, 2.24) is 0 Å². The van der Waals surface area contributed by atoms with E-state index in [1.165, 1.54) is 186 Å². The lowest BCUT2D eigenvalue weighted by atomic mass is 9.99. The molecule has 17 nitrogen and oxygen atoms in total. The third kappa shape index (κ3) is 69.2. The van der Waals surface area contributed by atoms with Gasteiger partial charge in [0.2, 0.25) is 0 Å². The van der Waals surface area contributed by atoms with Gasteiger partial charge in [-0.05, 0) is 49.4 Å². The molecular weight excluding hydrogens is 1260 g/mol. The Morgan fingerprint density at radius 1 is 0.292 bits per heavy atom. The van der Waals surface area contributed by atoms with Crippen LogP contribution in [0.2, 0.25) is 0 Å². The Hall–Kier alpha value is -1.94. The minimum absolute atomic E-state index is 0.105. The maximum atomic E-state index is 13.1. The van der Waals surface area contributed by atoms with Crippen molar-refractivity contribution in [3.05, 3.63) is 0 Å². The van der Waals surface area contributed by atoms with E-state index in [2.05, 4.69) is 55.4 Å². The quantitative estimate of drug-likeness (QED) is 0.0222. The molecule has 0 aliphatic heterocycles. The van der Waals surface area contributed by atoms with Gasteiger partial charge in [-0.1, -0.05) is 338 Å². The number of esters is 4. The van der Waals surface area contributed by atoms with Crippen molar-refractivity contribution in [2.45, 2.75) is 408 Å². The van der Waals surface area contributed by atoms with Crippen molar-refractivity contribution in [2.24, 2.45) is 23.7 Å². The Morgan fingerprint density at radius 2 is 0.500 bits per heavy atom. The van der Waals surface area contributed by atoms with E-state index in [9.17, 15) is 43.2 Å². The SMILES string of the molecule is CCC(C)CCCCCCCCCCCCCCCCCCCCC(=O)O[C@H](COC(=O)CCCCCCCCC(C)C)COP(=O)(O)OC[C@H](O)COP(=O)(O)OC[C@@H](COC(=O)CCCCCCCCCCCC(C)C)OC(=O)CCCCCCCCCCCCC(C)C. The Morgan fingerprint density at radius 3 is 0.740 bits per heavy atom. The summed E-state index contributed by atoms with van der Waals surface area (Å²) in [5, 5.41) is 10.6. The summed E-state index contributed by atoms with van der Waals surface area (Å²) in [5.41, 5.74) is 0. The van der Waals surface area contributed by atoms with Gasteiger partial charge in [-0.2, -0.15) is 0 Å². The third-order valence-corrected chi connectivity index (χ3v) is 20.1. The number of hydrogen-bond donors (Lipinski definition) is 3. The average molecular weight is 1410 g/mol. The predicted octanol–water partition coefficient (Wildman–Crippen LogP) is 22.4. The van der Waals surface area contributed by atoms with Gasteiger partial charge in [-0.15, -0.1) is 0 Å². The van der Waals surface area contributed by atoms with Crippen molar-refractivity contribution in [1.29, 1.82) is 0 Å². The first-order valence-corrected chi connectivity index (χ1v) is 42.7. The van der Waals surface area contributed by atoms with Gasteiger partial charge in [-0.3, -0.25) is 37.3 Å². The molecule has 3 unspecified atom stereocenters. The van der Waals surface area contributed by atoms with E-state index < -0.39 is 97.5 Å². The molecule has 0 rings (SSSR count). The van der Waals surface area contributed by atoms with E-state index in [-0.39, 0.29) is 25.7 Å². The smallest absolute Gasteiger partial charge is 0.462 e. The molecule has 0 aromatic rings. The van der Waals surface area contributed by atoms with Crippen molar-refractivity contribution in [2.75, 3.05) is 39.6 Å². The highest BCUT2D eigenvalue weighted by Crippen LogP contribution is 2.45. The van der Waals surface area contributed by atoms with Gasteiger partial charge < -0.3 is 33.8 Å². The first-order valence-electron chi connectivity index (χ1n) is 39.7. The number of rotatable bonds is 74. The van der Waals surface area contributed by atoms with E-state index >= 15 is 0 Å². The van der Waals surface area contributed by atoms with E-state index in [1.54, 1.807) is 0 Å². The fourth-order valence-corrected chi connectivity index (χ4v) is 13.3. The predicted molar refractivity (Wildman–Crippen MR) is 391 cm³/mol. The monoisotopic (exact) mass is 1410 g/mol. The highest BCUT2D eigenvalue weighted by atomic mass is 31.2. The number of carbonyl (C=O) groups excluding carboxylic acids is 4. The Labute approximate surface area is 588 Å². The molecular formula is C77H150O17P2. The number of ether oxygens (including phenoxy) is 4. The van der Waals surface area contributed by atoms with Crippen LogP contribution < -0.4 is 0 Å². The summed E-state index contributed by atoms with van der Waals surface area (Å²) >= 11 is 0. The van der Waals surface area contributed by atoms with Gasteiger partial charge in [0, 0.05) is 25.7 Å². The van der Waals surface area contributed by atoms with Crippen LogP contribution in [0.3, 0.4) is 0 Å². The minimum Gasteiger partial charge on any atom is -0.462 e. The number of unbranched alkanes of at least 4 members (excludes halogenated alkanes) is 39. The molecule has 0 fully saturated rings. The average Bonchev–Trinajstić information content (AvgIpc) is 1.25. The lowest BCUT2D eigenvalue weighted by Crippen LogP contribution is -2.30. The van der Waals surface area contributed by atoms with E-state index in [1.807, 2.05) is 0 Å². The van der Waals surface area contributed by atoms with Crippen LogP contribution in [0.1, 0.15) is 389 Å². The second kappa shape index (κ2) is 66.3. The molecule has 0 aliphatic rings. The second-order valence-corrected chi connectivity index (χ2v) is 32.3. The normalized spacial score (nSPS) is 14.4. The molecule has 0 bridgehead atoms. The Kier molecular flexibility index (Phi) is 65.0. The van der Waals surface area contributed by atoms with Crippen LogP contribution in [0.4, 0.5) is 0 Å². The number of hydrogen-bond acceptors (Lipinski definition) is 15. The van der Waals surface area contributed by atoms with Crippen molar-refractivity contribution in [3.8, 4) is 0 Å². The minimum atomic E-state index is -4.96. The number of aliphatic hydroxyl groups is 1. The first kappa shape index (κ1) is 94.1. The Bertz CT molecular complexity index is 1890. The van der Waals surface area contributed by atoms with Crippen LogP contribution in [0, 0.1) is 23.7 Å². The molecule has 19 heteroatoms. The summed E-state index contributed by atoms with van der Waals surface area (Å²) < 4.78 is 68.5. The molecule has 0 saturated carbocycles. The summed E-state index contributed by atoms with van der Waals surface area (Å²) in [6, 6.07) is 0. The van der Waals surface area contributed by atoms with Crippen LogP contribution in [-0.4, -0.2) is 96.7 Å². The molecule has 0 aromatic carbocycles. The van der Waals surface area contributed by atoms with Crippen molar-refractivity contribution < 1.29 is 80.2 Å². The lowest BCUT2D eigenvalue weighted by Gasteiger charge is -2.21. The molecule has 0 spiro atoms. The molecule has 3 N–H and O–H groups in total. The zero-order valence-electron chi connectivity index (χ0n) is 63.0. The van der Waals surface area contributed by atoms with Gasteiger partial charge >= 0.3 is 39.5 Å². The van der Waals surface area contributed by atoms with Crippen LogP contribution in [0.15, 0.2) is 0 Å². The zero-order valence-corrected chi connectivity index (χ0v) is 64.8. The fraction of sp³-hybridized carbons (Fsp3) is 0.948. The number of carbonyl (C=O) groups is 4. The van der Waals surface area contributed by atoms with Gasteiger partial charge in [0.05, 0.1) is 26.4 Å². The first-order chi connectivity index (χ1) is 46.1. The summed E-state index contributed by atoms with van der Waals surface area (Å²) in [5.74, 6) is 0.923. The van der Waals surface area contributed by atoms with Crippen molar-refractivity contribution in [3.63, 3.8) is 0 Å². The second-order valence-electron chi connectivity index (χ2n) is 29.4. The third-order valence-electron chi connectivity index (χ3n) is 18.2. The number of phosphoric ester groups is 2. The van der Waals surface area contributed by atoms with E-state index in [0.29, 0.717) is 31.6 Å². The molecule has 6 atom stereocenters. The maximum Gasteiger partial charge on any atom is 0.472 e. The summed E-state index contributed by atoms with van der Waals surface area (Å²) in [7, 11) is -9.91. The molecule has 0 saturated heterocycles. The standard InChI is InChI=1S/C77H150O17P2/c1-9-70(8)56-48-40-31-25-18-16-14-12-10-11-13-15-17-19-26-33-43-51-59-76(81)94-73(64-88-75(80)58-50-42-36-35-39-47-55-69(6)7)66-92-96(85,86)90-62-71(78)61-89-95(83,84)91-65-72(63-87-74(79)57-49-41-32-28-22-24-30-38-46-54-68(4)5)93-77(82)60-52-44-34-27-21-20-23-29-37-45-53-67(2)3/h67-73,78H,9-66H2,1-8H3,(H,83,84)(H,85,86)/t70?,71-,72-,73-/m1/s1. The van der Waals surface area contributed by atoms with Crippen LogP contribution in [0.25, 0.3) is 0 Å². The molecule has 0 aliphatic carbocycles. The number of aliphatic hydroxyl groups excluding tert-OH is 1. The highest BCUT2D eigenvalue weighted by Gasteiger charge is 2.30. The molecule has 0 amide bonds. The highest BCUT2D eigenvalue weighted by molar-refractivity contribution is 7.47. The topological polar surface area (TPSA) is 237 Å². The van der Waals surface area contributed by atoms with E-state index in [0.717, 1.165) is 114 Å². The summed E-state index contributed by atoms with van der Waals surface area (Å²) in [6.45, 7) is 14.2. The molecule has 570 valence electrons. The van der Waals surface area contributed by atoms with E-state index in [4.69, 9.17) is 37.0 Å². The van der Waals surface area contributed by atoms with Crippen molar-refractivity contribution >= 4 is 39.5 Å². The maximum absolute atomic E-state index is 13.1. The fourth-order valence-electron chi connectivity index (χ4n) is 11.7. The lowest BCUT2D eigenvalue weighted by molar-refractivity contribution is -0.161. The van der Waals surface area contributed by atoms with Gasteiger partial charge in [-0.25, -0.2) is 9.13 Å². The molecule has 0 radical (unpaired) electrons. The number of phosphoric acid groups is 2. The largest absolute Gasteiger partial charge is 0.472 e. The zero-order chi connectivity index (χ0) is 71.0. The molecule has 96 heavy (non-hydrogen) atoms.